The van der Waals surface area contributed by atoms with Crippen LogP contribution in [0.2, 0.25) is 0 Å². The third-order valence-corrected chi connectivity index (χ3v) is 0. The van der Waals surface area contributed by atoms with Crippen LogP contribution in [0.1, 0.15) is 0 Å². The average Bonchev–Trinajstić information content (AvgIpc) is 0. The van der Waals surface area contributed by atoms with Crippen molar-refractivity contribution in [1.29, 1.82) is 0 Å². The van der Waals surface area contributed by atoms with E-state index >= 15 is 0 Å². The largest absolute Gasteiger partial charge is 4.00 e. The van der Waals surface area contributed by atoms with Crippen LogP contribution < -0.4 is 68.2 Å². The molecule has 53 valence electrons. The van der Waals surface area contributed by atoms with Crippen molar-refractivity contribution in [3.63, 3.8) is 0 Å². The maximum absolute atomic E-state index is 0. The summed E-state index contributed by atoms with van der Waals surface area (Å²) in [5.41, 5.74) is 0. The topological polar surface area (TPSA) is 36.5 Å². The first-order valence-corrected chi connectivity index (χ1v) is 0. The average molecular weight is 388 g/mol. The van der Waals surface area contributed by atoms with Crippen molar-refractivity contribution in [2.45, 2.75) is 0 Å². The fourth-order valence-corrected chi connectivity index (χ4v) is 0. The summed E-state index contributed by atoms with van der Waals surface area (Å²) < 4.78 is 0. The minimum Gasteiger partial charge on any atom is -1.00 e. The van der Waals surface area contributed by atoms with Crippen molar-refractivity contribution in [3.8, 4) is 0 Å². The predicted molar refractivity (Wildman–Crippen MR) is 5.98 cm³/mol. The SMILES string of the molecule is [Cl-].[Cl-].[Cl-].[Cl-].[Cl-].[Ir+4].[NH4+]. The molecule has 4 N–H and O–H groups in total. The van der Waals surface area contributed by atoms with Crippen molar-refractivity contribution in [1.82, 2.24) is 6.15 Å². The number of quaternary nitrogens is 1. The van der Waals surface area contributed by atoms with Crippen LogP contribution in [0, 0.1) is 0 Å². The zero-order chi connectivity index (χ0) is 0. The minimum atomic E-state index is 0. The smallest absolute Gasteiger partial charge is 1.00 e. The van der Waals surface area contributed by atoms with Crippen LogP contribution in [0.5, 0.6) is 0 Å². The van der Waals surface area contributed by atoms with Gasteiger partial charge in [-0.2, -0.15) is 0 Å². The summed E-state index contributed by atoms with van der Waals surface area (Å²) in [6, 6.07) is 0. The molecule has 0 aromatic heterocycles. The molecule has 0 heterocycles. The van der Waals surface area contributed by atoms with Gasteiger partial charge >= 0.3 is 20.1 Å². The third kappa shape index (κ3) is 69.8. The molecular weight excluding hydrogens is 383 g/mol. The van der Waals surface area contributed by atoms with E-state index in [9.17, 15) is 0 Å². The molecule has 0 bridgehead atoms. The Kier molecular flexibility index (Phi) is 1880. The van der Waals surface area contributed by atoms with E-state index in [4.69, 9.17) is 0 Å². The van der Waals surface area contributed by atoms with E-state index in [1.165, 1.54) is 0 Å². The van der Waals surface area contributed by atoms with Crippen LogP contribution in [0.25, 0.3) is 0 Å². The minimum absolute atomic E-state index is 0. The predicted octanol–water partition coefficient (Wildman–Crippen LogP) is -14.6. The molecule has 7 heavy (non-hydrogen) atoms. The first-order valence-electron chi connectivity index (χ1n) is 0. The van der Waals surface area contributed by atoms with E-state index in [0.29, 0.717) is 0 Å². The van der Waals surface area contributed by atoms with E-state index in [-0.39, 0.29) is 88.3 Å². The van der Waals surface area contributed by atoms with Gasteiger partial charge in [0.15, 0.2) is 0 Å². The maximum Gasteiger partial charge on any atom is 4.00 e. The molecule has 0 spiro atoms. The number of hydrogen-bond donors (Lipinski definition) is 1. The van der Waals surface area contributed by atoms with Crippen LogP contribution in [-0.2, 0) is 20.1 Å². The third-order valence-electron chi connectivity index (χ3n) is 0. The molecule has 0 aliphatic carbocycles. The van der Waals surface area contributed by atoms with Gasteiger partial charge in [0, 0.05) is 0 Å². The van der Waals surface area contributed by atoms with Gasteiger partial charge in [0.2, 0.25) is 0 Å². The summed E-state index contributed by atoms with van der Waals surface area (Å²) in [5, 5.41) is 0. The molecule has 0 amide bonds. The Morgan fingerprint density at radius 2 is 0.429 bits per heavy atom. The van der Waals surface area contributed by atoms with Gasteiger partial charge in [0.1, 0.15) is 0 Å². The van der Waals surface area contributed by atoms with E-state index in [2.05, 4.69) is 0 Å². The van der Waals surface area contributed by atoms with E-state index < -0.39 is 0 Å². The Morgan fingerprint density at radius 1 is 0.429 bits per heavy atom. The van der Waals surface area contributed by atoms with Gasteiger partial charge in [-0.15, -0.1) is 0 Å². The molecule has 0 aliphatic heterocycles. The molecule has 0 atom stereocenters. The first-order chi connectivity index (χ1) is 0. The van der Waals surface area contributed by atoms with Gasteiger partial charge in [-0.1, -0.05) is 0 Å². The van der Waals surface area contributed by atoms with Gasteiger partial charge in [0.05, 0.1) is 0 Å². The molecular formula is H4Cl5IrN. The summed E-state index contributed by atoms with van der Waals surface area (Å²) in [6.07, 6.45) is 0. The summed E-state index contributed by atoms with van der Waals surface area (Å²) in [7, 11) is 0. The summed E-state index contributed by atoms with van der Waals surface area (Å²) in [6.45, 7) is 0. The van der Waals surface area contributed by atoms with Gasteiger partial charge < -0.3 is 68.2 Å². The Balaban J connectivity index is 0. The van der Waals surface area contributed by atoms with Crippen LogP contribution in [0.4, 0.5) is 0 Å². The molecule has 0 saturated carbocycles. The maximum atomic E-state index is 0. The standard InChI is InChI=1S/5ClH.Ir.H3N/h5*1H;;1H3/q;;;;;+4;/p-4. The van der Waals surface area contributed by atoms with E-state index in [1.54, 1.807) is 0 Å². The normalized spacial score (nSPS) is 0. The van der Waals surface area contributed by atoms with Gasteiger partial charge in [-0.25, -0.2) is 0 Å². The Morgan fingerprint density at radius 3 is 0.429 bits per heavy atom. The Labute approximate surface area is 87.7 Å². The van der Waals surface area contributed by atoms with Crippen LogP contribution in [-0.4, -0.2) is 0 Å². The Hall–Kier alpha value is 2.06. The second-order valence-corrected chi connectivity index (χ2v) is 0. The zero-order valence-corrected chi connectivity index (χ0v) is 9.40. The van der Waals surface area contributed by atoms with Gasteiger partial charge in [-0.05, 0) is 0 Å². The number of hydrogen-bond acceptors (Lipinski definition) is 0. The van der Waals surface area contributed by atoms with Crippen molar-refractivity contribution in [2.24, 2.45) is 0 Å². The quantitative estimate of drug-likeness (QED) is 0.429. The van der Waals surface area contributed by atoms with Gasteiger partial charge in [0.25, 0.3) is 0 Å². The van der Waals surface area contributed by atoms with E-state index in [0.717, 1.165) is 0 Å². The molecule has 0 aromatic rings. The van der Waals surface area contributed by atoms with E-state index in [1.807, 2.05) is 0 Å². The molecule has 0 rings (SSSR count). The zero-order valence-electron chi connectivity index (χ0n) is 3.22. The second kappa shape index (κ2) is 94.7. The van der Waals surface area contributed by atoms with Crippen molar-refractivity contribution in [3.05, 3.63) is 0 Å². The summed E-state index contributed by atoms with van der Waals surface area (Å²) in [4.78, 5) is 0. The molecule has 0 aliphatic rings. The molecule has 0 unspecified atom stereocenters. The summed E-state index contributed by atoms with van der Waals surface area (Å²) >= 11 is 0. The molecule has 1 nitrogen and oxygen atoms in total. The fourth-order valence-electron chi connectivity index (χ4n) is 0. The molecule has 1 radical (unpaired) electrons. The number of halogens is 5. The molecule has 0 saturated heterocycles. The van der Waals surface area contributed by atoms with Crippen molar-refractivity contribution in [2.75, 3.05) is 0 Å². The van der Waals surface area contributed by atoms with Crippen LogP contribution >= 0.6 is 0 Å². The molecule has 7 heteroatoms. The number of rotatable bonds is 0. The van der Waals surface area contributed by atoms with Crippen LogP contribution in [0.3, 0.4) is 0 Å². The fraction of sp³-hybridized carbons (Fsp3) is 0. The monoisotopic (exact) mass is 386 g/mol. The van der Waals surface area contributed by atoms with Crippen molar-refractivity contribution >= 4 is 0 Å². The van der Waals surface area contributed by atoms with Gasteiger partial charge in [-0.3, -0.25) is 0 Å². The first kappa shape index (κ1) is 139. The molecule has 0 aromatic carbocycles. The van der Waals surface area contributed by atoms with Crippen molar-refractivity contribution < 1.29 is 82.1 Å². The second-order valence-electron chi connectivity index (χ2n) is 0. The summed E-state index contributed by atoms with van der Waals surface area (Å²) in [5.74, 6) is 0. The van der Waals surface area contributed by atoms with Crippen LogP contribution in [0.15, 0.2) is 0 Å². The molecule has 0 fully saturated rings. The Bertz CT molecular complexity index is 8.04.